The van der Waals surface area contributed by atoms with Crippen molar-refractivity contribution in [3.8, 4) is 0 Å². The van der Waals surface area contributed by atoms with E-state index < -0.39 is 9.84 Å². The maximum absolute atomic E-state index is 13.2. The molecule has 4 rings (SSSR count). The molecule has 0 aliphatic heterocycles. The summed E-state index contributed by atoms with van der Waals surface area (Å²) in [4.78, 5) is 4.58. The molecule has 1 aromatic heterocycles. The second-order valence-electron chi connectivity index (χ2n) is 6.97. The predicted molar refractivity (Wildman–Crippen MR) is 91.5 cm³/mol. The number of hydrogen-bond acceptors (Lipinski definition) is 3. The minimum Gasteiger partial charge on any atom is -0.254 e. The Morgan fingerprint density at radius 3 is 2.21 bits per heavy atom. The Morgan fingerprint density at radius 1 is 1.00 bits per heavy atom. The highest BCUT2D eigenvalue weighted by atomic mass is 32.2. The number of sulfone groups is 1. The van der Waals surface area contributed by atoms with Crippen molar-refractivity contribution in [3.63, 3.8) is 0 Å². The number of benzene rings is 1. The second-order valence-corrected chi connectivity index (χ2v) is 8.98. The van der Waals surface area contributed by atoms with Crippen LogP contribution in [-0.4, -0.2) is 19.7 Å². The Hall–Kier alpha value is -2.01. The Bertz CT molecular complexity index is 924. The lowest BCUT2D eigenvalue weighted by atomic mass is 9.99. The zero-order valence-corrected chi connectivity index (χ0v) is 14.2. The molecule has 24 heavy (non-hydrogen) atoms. The minimum atomic E-state index is -3.19. The smallest absolute Gasteiger partial charge is 0.175 e. The zero-order valence-electron chi connectivity index (χ0n) is 13.4. The number of aromatic nitrogens is 1. The molecule has 2 aliphatic rings. The topological polar surface area (TPSA) is 47.0 Å². The van der Waals surface area contributed by atoms with Gasteiger partial charge in [-0.25, -0.2) is 12.8 Å². The fourth-order valence-corrected chi connectivity index (χ4v) is 4.17. The molecule has 0 bridgehead atoms. The van der Waals surface area contributed by atoms with Gasteiger partial charge in [-0.2, -0.15) is 0 Å². The van der Waals surface area contributed by atoms with Crippen molar-refractivity contribution in [1.29, 1.82) is 0 Å². The quantitative estimate of drug-likeness (QED) is 0.842. The molecule has 1 aromatic carbocycles. The maximum atomic E-state index is 13.2. The highest BCUT2D eigenvalue weighted by molar-refractivity contribution is 7.90. The molecule has 5 heteroatoms. The molecule has 0 unspecified atom stereocenters. The van der Waals surface area contributed by atoms with E-state index in [1.54, 1.807) is 18.2 Å². The number of allylic oxidation sites excluding steroid dienone is 2. The van der Waals surface area contributed by atoms with E-state index in [-0.39, 0.29) is 5.82 Å². The standard InChI is InChI=1S/C19H18FNO2S/c1-24(22,23)15-5-2-13(3-6-15)16-10-19(8-9-19)11-17(16)18-7-4-14(20)12-21-18/h2-7,12H,8-11H2,1H3. The van der Waals surface area contributed by atoms with Gasteiger partial charge in [0, 0.05) is 6.26 Å². The fourth-order valence-electron chi connectivity index (χ4n) is 3.54. The Morgan fingerprint density at radius 2 is 1.67 bits per heavy atom. The van der Waals surface area contributed by atoms with Crippen molar-refractivity contribution in [3.05, 3.63) is 59.7 Å². The Kier molecular flexibility index (Phi) is 3.39. The van der Waals surface area contributed by atoms with Gasteiger partial charge in [0.15, 0.2) is 9.84 Å². The van der Waals surface area contributed by atoms with Crippen molar-refractivity contribution in [1.82, 2.24) is 4.98 Å². The first-order valence-electron chi connectivity index (χ1n) is 8.01. The van der Waals surface area contributed by atoms with Gasteiger partial charge in [0.1, 0.15) is 5.82 Å². The summed E-state index contributed by atoms with van der Waals surface area (Å²) in [5.41, 5.74) is 4.58. The molecular formula is C19H18FNO2S. The first-order chi connectivity index (χ1) is 11.4. The number of nitrogens with zero attached hydrogens (tertiary/aromatic N) is 1. The molecule has 0 N–H and O–H groups in total. The van der Waals surface area contributed by atoms with Crippen LogP contribution in [-0.2, 0) is 9.84 Å². The molecule has 0 saturated heterocycles. The Balaban J connectivity index is 1.77. The van der Waals surface area contributed by atoms with E-state index in [0.29, 0.717) is 10.3 Å². The van der Waals surface area contributed by atoms with Crippen molar-refractivity contribution in [2.45, 2.75) is 30.6 Å². The van der Waals surface area contributed by atoms with Crippen LogP contribution in [0.15, 0.2) is 47.5 Å². The van der Waals surface area contributed by atoms with Crippen molar-refractivity contribution in [2.75, 3.05) is 6.26 Å². The first kappa shape index (κ1) is 15.5. The first-order valence-corrected chi connectivity index (χ1v) is 9.90. The lowest BCUT2D eigenvalue weighted by Crippen LogP contribution is -1.97. The number of pyridine rings is 1. The van der Waals surface area contributed by atoms with Crippen LogP contribution in [0.5, 0.6) is 0 Å². The average molecular weight is 343 g/mol. The molecule has 1 spiro atoms. The summed E-state index contributed by atoms with van der Waals surface area (Å²) in [7, 11) is -3.19. The van der Waals surface area contributed by atoms with Crippen molar-refractivity contribution < 1.29 is 12.8 Å². The van der Waals surface area contributed by atoms with E-state index in [9.17, 15) is 12.8 Å². The third kappa shape index (κ3) is 2.77. The van der Waals surface area contributed by atoms with Gasteiger partial charge in [-0.05, 0) is 72.1 Å². The third-order valence-electron chi connectivity index (χ3n) is 5.09. The summed E-state index contributed by atoms with van der Waals surface area (Å²) < 4.78 is 36.5. The van der Waals surface area contributed by atoms with Crippen LogP contribution in [0.4, 0.5) is 4.39 Å². The number of rotatable bonds is 3. The van der Waals surface area contributed by atoms with Crippen LogP contribution < -0.4 is 0 Å². The van der Waals surface area contributed by atoms with Gasteiger partial charge < -0.3 is 0 Å². The van der Waals surface area contributed by atoms with Gasteiger partial charge in [-0.15, -0.1) is 0 Å². The fraction of sp³-hybridized carbons (Fsp3) is 0.316. The molecule has 0 atom stereocenters. The van der Waals surface area contributed by atoms with Crippen molar-refractivity contribution >= 4 is 21.0 Å². The predicted octanol–water partition coefficient (Wildman–Crippen LogP) is 4.11. The van der Waals surface area contributed by atoms with Crippen LogP contribution in [0.25, 0.3) is 11.1 Å². The van der Waals surface area contributed by atoms with Crippen LogP contribution in [0.2, 0.25) is 0 Å². The van der Waals surface area contributed by atoms with Gasteiger partial charge >= 0.3 is 0 Å². The third-order valence-corrected chi connectivity index (χ3v) is 6.22. The van der Waals surface area contributed by atoms with Gasteiger partial charge in [-0.3, -0.25) is 4.98 Å². The van der Waals surface area contributed by atoms with E-state index in [0.717, 1.165) is 24.1 Å². The summed E-state index contributed by atoms with van der Waals surface area (Å²) in [6, 6.07) is 10.2. The molecule has 124 valence electrons. The summed E-state index contributed by atoms with van der Waals surface area (Å²) in [5.74, 6) is -0.336. The molecule has 2 aromatic rings. The van der Waals surface area contributed by atoms with Crippen LogP contribution >= 0.6 is 0 Å². The highest BCUT2D eigenvalue weighted by Gasteiger charge is 2.48. The maximum Gasteiger partial charge on any atom is 0.175 e. The zero-order chi connectivity index (χ0) is 16.9. The molecule has 0 amide bonds. The SMILES string of the molecule is CS(=O)(=O)c1ccc(C2=C(c3ccc(F)cn3)CC3(CC3)C2)cc1. The summed E-state index contributed by atoms with van der Waals surface area (Å²) in [6.07, 6.45) is 6.84. The van der Waals surface area contributed by atoms with Gasteiger partial charge in [0.2, 0.25) is 0 Å². The monoisotopic (exact) mass is 343 g/mol. The van der Waals surface area contributed by atoms with Crippen LogP contribution in [0, 0.1) is 11.2 Å². The molecule has 2 aliphatic carbocycles. The highest BCUT2D eigenvalue weighted by Crippen LogP contribution is 2.63. The van der Waals surface area contributed by atoms with E-state index in [1.165, 1.54) is 42.5 Å². The van der Waals surface area contributed by atoms with E-state index in [2.05, 4.69) is 4.98 Å². The average Bonchev–Trinajstić information content (AvgIpc) is 3.19. The van der Waals surface area contributed by atoms with Gasteiger partial charge in [0.25, 0.3) is 0 Å². The summed E-state index contributed by atoms with van der Waals surface area (Å²) in [5, 5.41) is 0. The molecule has 3 nitrogen and oxygen atoms in total. The Labute approximate surface area is 141 Å². The molecule has 1 fully saturated rings. The van der Waals surface area contributed by atoms with E-state index in [4.69, 9.17) is 0 Å². The van der Waals surface area contributed by atoms with E-state index >= 15 is 0 Å². The number of hydrogen-bond donors (Lipinski definition) is 0. The van der Waals surface area contributed by atoms with E-state index in [1.807, 2.05) is 12.1 Å². The summed E-state index contributed by atoms with van der Waals surface area (Å²) >= 11 is 0. The largest absolute Gasteiger partial charge is 0.254 e. The minimum absolute atomic E-state index is 0.326. The summed E-state index contributed by atoms with van der Waals surface area (Å²) in [6.45, 7) is 0. The van der Waals surface area contributed by atoms with Crippen LogP contribution in [0.1, 0.15) is 36.9 Å². The molecule has 1 heterocycles. The molecule has 0 radical (unpaired) electrons. The lowest BCUT2D eigenvalue weighted by Gasteiger charge is -2.08. The normalized spacial score (nSPS) is 19.1. The van der Waals surface area contributed by atoms with Crippen molar-refractivity contribution in [2.24, 2.45) is 5.41 Å². The van der Waals surface area contributed by atoms with Crippen LogP contribution in [0.3, 0.4) is 0 Å². The number of halogens is 1. The lowest BCUT2D eigenvalue weighted by molar-refractivity contribution is 0.567. The second kappa shape index (κ2) is 5.24. The molecule has 1 saturated carbocycles. The molecular weight excluding hydrogens is 325 g/mol. The van der Waals surface area contributed by atoms with Gasteiger partial charge in [-0.1, -0.05) is 12.1 Å². The van der Waals surface area contributed by atoms with Gasteiger partial charge in [0.05, 0.1) is 16.8 Å².